The molecule has 5 nitrogen and oxygen atoms in total. The fourth-order valence-electron chi connectivity index (χ4n) is 3.86. The van der Waals surface area contributed by atoms with Gasteiger partial charge in [-0.1, -0.05) is 42.1 Å². The number of hydrogen-bond acceptors (Lipinski definition) is 6. The predicted octanol–water partition coefficient (Wildman–Crippen LogP) is 1.59. The Bertz CT molecular complexity index is 728. The molecule has 0 amide bonds. The summed E-state index contributed by atoms with van der Waals surface area (Å²) in [6.07, 6.45) is 0. The lowest BCUT2D eigenvalue weighted by atomic mass is 9.95. The Balaban J connectivity index is 1.95. The maximum atomic E-state index is 9.92. The Hall–Kier alpha value is -2.02. The van der Waals surface area contributed by atoms with Gasteiger partial charge in [0.1, 0.15) is 11.3 Å². The standard InChI is InChI=1S/C15H12N4OS/c16-8-13-11(10-4-2-1-3-5-10)14(13,9-17)15(19-12(13)18)20-6-7-21-15/h1-5,11H,6-7H2,(H2,18,19)/t11-,13+,14+,15+/m0/s1. The van der Waals surface area contributed by atoms with Crippen molar-refractivity contribution in [3.05, 3.63) is 35.9 Å². The first-order valence-electron chi connectivity index (χ1n) is 6.70. The van der Waals surface area contributed by atoms with Crippen LogP contribution in [0.3, 0.4) is 0 Å². The molecule has 1 aliphatic carbocycles. The number of nitrogens with two attached hydrogens (primary N) is 1. The van der Waals surface area contributed by atoms with E-state index in [1.54, 1.807) is 0 Å². The van der Waals surface area contributed by atoms with Gasteiger partial charge in [0.05, 0.1) is 18.7 Å². The van der Waals surface area contributed by atoms with Crippen LogP contribution in [0.25, 0.3) is 0 Å². The molecule has 2 heterocycles. The van der Waals surface area contributed by atoms with E-state index in [2.05, 4.69) is 17.1 Å². The van der Waals surface area contributed by atoms with Gasteiger partial charge in [0.15, 0.2) is 5.41 Å². The second kappa shape index (κ2) is 3.79. The van der Waals surface area contributed by atoms with Crippen molar-refractivity contribution >= 4 is 17.6 Å². The van der Waals surface area contributed by atoms with Gasteiger partial charge in [0.25, 0.3) is 0 Å². The molecule has 2 aliphatic heterocycles. The van der Waals surface area contributed by atoms with Crippen LogP contribution in [0, 0.1) is 33.5 Å². The van der Waals surface area contributed by atoms with Crippen LogP contribution in [-0.4, -0.2) is 23.3 Å². The van der Waals surface area contributed by atoms with Crippen LogP contribution in [0.5, 0.6) is 0 Å². The molecule has 1 aromatic carbocycles. The van der Waals surface area contributed by atoms with Crippen LogP contribution in [0.4, 0.5) is 0 Å². The van der Waals surface area contributed by atoms with Crippen molar-refractivity contribution in [1.82, 2.24) is 0 Å². The van der Waals surface area contributed by atoms with E-state index in [-0.39, 0.29) is 11.8 Å². The molecular formula is C15H12N4OS. The summed E-state index contributed by atoms with van der Waals surface area (Å²) in [5.41, 5.74) is 4.93. The van der Waals surface area contributed by atoms with Crippen LogP contribution in [0.15, 0.2) is 35.3 Å². The number of nitriles is 2. The van der Waals surface area contributed by atoms with E-state index >= 15 is 0 Å². The van der Waals surface area contributed by atoms with E-state index in [0.717, 1.165) is 11.3 Å². The number of hydrogen-bond donors (Lipinski definition) is 1. The smallest absolute Gasteiger partial charge is 0.230 e. The van der Waals surface area contributed by atoms with Gasteiger partial charge in [-0.05, 0) is 5.56 Å². The van der Waals surface area contributed by atoms with Crippen LogP contribution >= 0.6 is 11.8 Å². The van der Waals surface area contributed by atoms with Crippen LogP contribution in [0.1, 0.15) is 11.5 Å². The number of rotatable bonds is 1. The van der Waals surface area contributed by atoms with Gasteiger partial charge >= 0.3 is 0 Å². The number of nitrogens with zero attached hydrogens (tertiary/aromatic N) is 3. The van der Waals surface area contributed by atoms with Gasteiger partial charge < -0.3 is 10.5 Å². The maximum Gasteiger partial charge on any atom is 0.230 e. The molecule has 0 bridgehead atoms. The van der Waals surface area contributed by atoms with Crippen molar-refractivity contribution in [3.8, 4) is 12.1 Å². The van der Waals surface area contributed by atoms with Crippen molar-refractivity contribution in [2.24, 2.45) is 21.6 Å². The van der Waals surface area contributed by atoms with Gasteiger partial charge in [-0.15, -0.1) is 0 Å². The number of amidine groups is 1. The van der Waals surface area contributed by atoms with Gasteiger partial charge in [0, 0.05) is 11.7 Å². The number of thioether (sulfide) groups is 1. The zero-order valence-electron chi connectivity index (χ0n) is 11.1. The molecule has 21 heavy (non-hydrogen) atoms. The summed E-state index contributed by atoms with van der Waals surface area (Å²) in [5, 5.41) is 18.7. The summed E-state index contributed by atoms with van der Waals surface area (Å²) in [4.78, 5) is 4.40. The molecule has 2 fully saturated rings. The quantitative estimate of drug-likeness (QED) is 0.849. The molecule has 1 saturated heterocycles. The zero-order chi connectivity index (χ0) is 14.7. The SMILES string of the molecule is N#C[C@@]12[C@@H](c3ccccc3)[C@]1(C#N)C(N)=N[C@@]21OCCS1. The monoisotopic (exact) mass is 296 g/mol. The summed E-state index contributed by atoms with van der Waals surface area (Å²) in [6, 6.07) is 14.2. The Morgan fingerprint density at radius 2 is 2.05 bits per heavy atom. The van der Waals surface area contributed by atoms with Crippen LogP contribution in [-0.2, 0) is 4.74 Å². The molecule has 0 radical (unpaired) electrons. The second-order valence-corrected chi connectivity index (χ2v) is 6.71. The average molecular weight is 296 g/mol. The van der Waals surface area contributed by atoms with Crippen molar-refractivity contribution in [2.45, 2.75) is 11.0 Å². The molecule has 4 atom stereocenters. The minimum Gasteiger partial charge on any atom is -0.386 e. The van der Waals surface area contributed by atoms with E-state index in [4.69, 9.17) is 10.5 Å². The van der Waals surface area contributed by atoms with Gasteiger partial charge in [0.2, 0.25) is 5.06 Å². The lowest BCUT2D eigenvalue weighted by Gasteiger charge is -2.26. The number of ether oxygens (including phenoxy) is 1. The molecule has 0 aromatic heterocycles. The highest BCUT2D eigenvalue weighted by Gasteiger charge is 2.93. The Morgan fingerprint density at radius 3 is 2.62 bits per heavy atom. The maximum absolute atomic E-state index is 9.92. The molecule has 6 heteroatoms. The highest BCUT2D eigenvalue weighted by atomic mass is 32.2. The summed E-state index contributed by atoms with van der Waals surface area (Å²) >= 11 is 1.48. The minimum absolute atomic E-state index is 0.231. The average Bonchev–Trinajstić information content (AvgIpc) is 2.78. The van der Waals surface area contributed by atoms with Crippen molar-refractivity contribution in [1.29, 1.82) is 10.5 Å². The summed E-state index contributed by atoms with van der Waals surface area (Å²) in [5.74, 6) is 0.697. The molecule has 3 aliphatic rings. The van der Waals surface area contributed by atoms with E-state index in [1.165, 1.54) is 11.8 Å². The van der Waals surface area contributed by atoms with Crippen LogP contribution < -0.4 is 5.73 Å². The molecule has 2 N–H and O–H groups in total. The third-order valence-corrected chi connectivity index (χ3v) is 6.03. The predicted molar refractivity (Wildman–Crippen MR) is 78.0 cm³/mol. The number of benzene rings is 1. The van der Waals surface area contributed by atoms with Gasteiger partial charge in [-0.2, -0.15) is 10.5 Å². The Morgan fingerprint density at radius 1 is 1.29 bits per heavy atom. The lowest BCUT2D eigenvalue weighted by Crippen LogP contribution is -2.34. The zero-order valence-corrected chi connectivity index (χ0v) is 11.9. The molecular weight excluding hydrogens is 284 g/mol. The third kappa shape index (κ3) is 1.12. The topological polar surface area (TPSA) is 95.2 Å². The largest absolute Gasteiger partial charge is 0.386 e. The molecule has 4 rings (SSSR count). The van der Waals surface area contributed by atoms with Crippen molar-refractivity contribution < 1.29 is 4.74 Å². The van der Waals surface area contributed by atoms with Crippen LogP contribution in [0.2, 0.25) is 0 Å². The summed E-state index contributed by atoms with van der Waals surface area (Å²) < 4.78 is 5.82. The van der Waals surface area contributed by atoms with Gasteiger partial charge in [-0.25, -0.2) is 4.99 Å². The highest BCUT2D eigenvalue weighted by molar-refractivity contribution is 8.00. The molecule has 1 aromatic rings. The fourth-order valence-corrected chi connectivity index (χ4v) is 5.19. The highest BCUT2D eigenvalue weighted by Crippen LogP contribution is 2.84. The molecule has 104 valence electrons. The first-order chi connectivity index (χ1) is 10.2. The molecule has 1 spiro atoms. The van der Waals surface area contributed by atoms with Gasteiger partial charge in [-0.3, -0.25) is 0 Å². The van der Waals surface area contributed by atoms with E-state index in [9.17, 15) is 10.5 Å². The normalized spacial score (nSPS) is 43.0. The second-order valence-electron chi connectivity index (χ2n) is 5.46. The molecule has 1 saturated carbocycles. The first-order valence-corrected chi connectivity index (χ1v) is 7.68. The summed E-state index contributed by atoms with van der Waals surface area (Å²) in [7, 11) is 0. The van der Waals surface area contributed by atoms with E-state index in [1.807, 2.05) is 30.3 Å². The number of aliphatic imine (C=N–C) groups is 1. The lowest BCUT2D eigenvalue weighted by molar-refractivity contribution is 0.0200. The van der Waals surface area contributed by atoms with E-state index < -0.39 is 15.9 Å². The summed E-state index contributed by atoms with van der Waals surface area (Å²) in [6.45, 7) is 0.522. The van der Waals surface area contributed by atoms with E-state index in [0.29, 0.717) is 6.61 Å². The molecule has 0 unspecified atom stereocenters. The third-order valence-electron chi connectivity index (χ3n) is 4.74. The number of fused-ring (bicyclic) bond motifs is 2. The fraction of sp³-hybridized carbons (Fsp3) is 0.400. The van der Waals surface area contributed by atoms with Crippen molar-refractivity contribution in [3.63, 3.8) is 0 Å². The Kier molecular flexibility index (Phi) is 2.29. The van der Waals surface area contributed by atoms with Crippen molar-refractivity contribution in [2.75, 3.05) is 12.4 Å². The minimum atomic E-state index is -1.07. The first kappa shape index (κ1) is 12.7. The Labute approximate surface area is 126 Å².